The Morgan fingerprint density at radius 1 is 1.09 bits per heavy atom. The van der Waals surface area contributed by atoms with Gasteiger partial charge in [-0.15, -0.1) is 0 Å². The van der Waals surface area contributed by atoms with Crippen LogP contribution in [0.15, 0.2) is 45.6 Å². The minimum Gasteiger partial charge on any atom is -0.493 e. The van der Waals surface area contributed by atoms with Crippen LogP contribution in [-0.4, -0.2) is 61.3 Å². The Bertz CT molecular complexity index is 1010. The van der Waals surface area contributed by atoms with Crippen molar-refractivity contribution in [1.82, 2.24) is 9.80 Å². The van der Waals surface area contributed by atoms with Gasteiger partial charge in [-0.25, -0.2) is 9.79 Å². The van der Waals surface area contributed by atoms with E-state index < -0.39 is 12.0 Å². The number of amidine groups is 1. The number of benzene rings is 1. The van der Waals surface area contributed by atoms with E-state index in [-0.39, 0.29) is 12.3 Å². The van der Waals surface area contributed by atoms with E-state index in [4.69, 9.17) is 19.2 Å². The van der Waals surface area contributed by atoms with Gasteiger partial charge in [0.25, 0.3) is 0 Å². The Balaban J connectivity index is 2.12. The number of esters is 1. The van der Waals surface area contributed by atoms with E-state index >= 15 is 0 Å². The molecular weight excluding hydrogens is 442 g/mol. The molecule has 2 aliphatic rings. The lowest BCUT2D eigenvalue weighted by molar-refractivity contribution is -0.136. The molecule has 0 radical (unpaired) electrons. The molecule has 0 saturated carbocycles. The Hall–Kier alpha value is -2.94. The quantitative estimate of drug-likeness (QED) is 0.500. The van der Waals surface area contributed by atoms with Gasteiger partial charge in [0, 0.05) is 18.8 Å². The summed E-state index contributed by atoms with van der Waals surface area (Å²) in [6.45, 7) is 7.17. The molecular formula is C24H31N3O5S. The van der Waals surface area contributed by atoms with E-state index in [1.165, 1.54) is 18.9 Å². The number of nitrogens with zero attached hydrogens (tertiary/aromatic N) is 3. The van der Waals surface area contributed by atoms with Crippen LogP contribution in [0.5, 0.6) is 11.5 Å². The summed E-state index contributed by atoms with van der Waals surface area (Å²) in [6, 6.07) is 5.06. The predicted octanol–water partition coefficient (Wildman–Crippen LogP) is 4.10. The molecule has 1 amide bonds. The van der Waals surface area contributed by atoms with E-state index in [0.717, 1.165) is 16.4 Å². The minimum absolute atomic E-state index is 0.0315. The molecule has 3 rings (SSSR count). The van der Waals surface area contributed by atoms with Gasteiger partial charge < -0.3 is 24.0 Å². The number of aliphatic imine (C=N–C) groups is 1. The lowest BCUT2D eigenvalue weighted by Crippen LogP contribution is -2.39. The van der Waals surface area contributed by atoms with E-state index in [0.29, 0.717) is 42.3 Å². The minimum atomic E-state index is -0.509. The number of methoxy groups -OCH3 is 3. The summed E-state index contributed by atoms with van der Waals surface area (Å²) in [5.74, 6) is 0.733. The molecule has 8 nitrogen and oxygen atoms in total. The fraction of sp³-hybridized carbons (Fsp3) is 0.458. The van der Waals surface area contributed by atoms with Crippen LogP contribution in [0, 0.1) is 0 Å². The molecule has 0 bridgehead atoms. The van der Waals surface area contributed by atoms with Crippen molar-refractivity contribution in [3.63, 3.8) is 0 Å². The molecule has 1 unspecified atom stereocenters. The summed E-state index contributed by atoms with van der Waals surface area (Å²) in [7, 11) is 4.52. The number of fused-ring (bicyclic) bond motifs is 1. The predicted molar refractivity (Wildman–Crippen MR) is 129 cm³/mol. The Kier molecular flexibility index (Phi) is 8.07. The van der Waals surface area contributed by atoms with Gasteiger partial charge in [-0.2, -0.15) is 0 Å². The van der Waals surface area contributed by atoms with Gasteiger partial charge in [0.2, 0.25) is 5.91 Å². The van der Waals surface area contributed by atoms with Crippen LogP contribution in [0.3, 0.4) is 0 Å². The third-order valence-corrected chi connectivity index (χ3v) is 6.69. The number of hydrogen-bond donors (Lipinski definition) is 0. The highest BCUT2D eigenvalue weighted by Crippen LogP contribution is 2.46. The number of rotatable bonds is 9. The van der Waals surface area contributed by atoms with E-state index in [2.05, 4.69) is 0 Å². The Morgan fingerprint density at radius 2 is 1.79 bits per heavy atom. The molecule has 9 heteroatoms. The highest BCUT2D eigenvalue weighted by atomic mass is 32.2. The first-order valence-corrected chi connectivity index (χ1v) is 11.9. The van der Waals surface area contributed by atoms with Gasteiger partial charge >= 0.3 is 5.97 Å². The second-order valence-electron chi connectivity index (χ2n) is 7.46. The van der Waals surface area contributed by atoms with Gasteiger partial charge in [0.1, 0.15) is 0 Å². The molecule has 0 N–H and O–H groups in total. The fourth-order valence-corrected chi connectivity index (χ4v) is 5.03. The maximum absolute atomic E-state index is 13.0. The molecule has 1 aromatic rings. The summed E-state index contributed by atoms with van der Waals surface area (Å²) < 4.78 is 16.1. The molecule has 0 saturated heterocycles. The first-order valence-electron chi connectivity index (χ1n) is 11.0. The lowest BCUT2D eigenvalue weighted by Gasteiger charge is -2.37. The van der Waals surface area contributed by atoms with Gasteiger partial charge in [-0.05, 0) is 43.4 Å². The smallest absolute Gasteiger partial charge is 0.338 e. The van der Waals surface area contributed by atoms with Crippen LogP contribution >= 0.6 is 11.8 Å². The first kappa shape index (κ1) is 24.7. The van der Waals surface area contributed by atoms with Crippen molar-refractivity contribution in [3.05, 3.63) is 46.1 Å². The number of ether oxygens (including phenoxy) is 3. The summed E-state index contributed by atoms with van der Waals surface area (Å²) in [4.78, 5) is 34.4. The highest BCUT2D eigenvalue weighted by Gasteiger charge is 2.42. The molecule has 0 fully saturated rings. The van der Waals surface area contributed by atoms with Crippen LogP contribution in [0.2, 0.25) is 0 Å². The summed E-state index contributed by atoms with van der Waals surface area (Å²) in [5, 5.41) is 2.68. The average Bonchev–Trinajstić information content (AvgIpc) is 3.24. The van der Waals surface area contributed by atoms with E-state index in [9.17, 15) is 9.59 Å². The molecule has 0 aliphatic carbocycles. The standard InChI is InChI=1S/C24H31N3O5S/c1-7-17-21(23(29)32-6)22(15-10-11-18(30-4)19(12-15)31-5)27-16(14-33-24(27)25-17)13-20(28)26(8-2)9-3/h10-12,14,22H,7-9,13H2,1-6H3. The summed E-state index contributed by atoms with van der Waals surface area (Å²) in [5.41, 5.74) is 2.74. The zero-order chi connectivity index (χ0) is 24.1. The van der Waals surface area contributed by atoms with Crippen LogP contribution < -0.4 is 9.47 Å². The molecule has 33 heavy (non-hydrogen) atoms. The maximum atomic E-state index is 13.0. The average molecular weight is 474 g/mol. The van der Waals surface area contributed by atoms with Crippen LogP contribution in [0.4, 0.5) is 0 Å². The van der Waals surface area contributed by atoms with Crippen molar-refractivity contribution < 1.29 is 23.8 Å². The van der Waals surface area contributed by atoms with Crippen LogP contribution in [-0.2, 0) is 14.3 Å². The zero-order valence-electron chi connectivity index (χ0n) is 20.0. The molecule has 1 aromatic carbocycles. The van der Waals surface area contributed by atoms with Crippen molar-refractivity contribution >= 4 is 28.8 Å². The lowest BCUT2D eigenvalue weighted by atomic mass is 9.92. The van der Waals surface area contributed by atoms with Gasteiger partial charge in [0.15, 0.2) is 16.7 Å². The van der Waals surface area contributed by atoms with Crippen molar-refractivity contribution in [1.29, 1.82) is 0 Å². The largest absolute Gasteiger partial charge is 0.493 e. The number of hydrogen-bond acceptors (Lipinski definition) is 8. The zero-order valence-corrected chi connectivity index (χ0v) is 20.8. The topological polar surface area (TPSA) is 80.7 Å². The third kappa shape index (κ3) is 4.73. The van der Waals surface area contributed by atoms with Gasteiger partial charge in [-0.1, -0.05) is 24.8 Å². The summed E-state index contributed by atoms with van der Waals surface area (Å²) >= 11 is 1.46. The normalized spacial score (nSPS) is 17.3. The van der Waals surface area contributed by atoms with E-state index in [1.807, 2.05) is 49.3 Å². The molecule has 2 heterocycles. The summed E-state index contributed by atoms with van der Waals surface area (Å²) in [6.07, 6.45) is 0.785. The van der Waals surface area contributed by atoms with Crippen LogP contribution in [0.25, 0.3) is 0 Å². The number of thioether (sulfide) groups is 1. The monoisotopic (exact) mass is 473 g/mol. The Morgan fingerprint density at radius 3 is 2.36 bits per heavy atom. The molecule has 0 aromatic heterocycles. The SMILES string of the molecule is CCC1=C(C(=O)OC)C(c2ccc(OC)c(OC)c2)N2C(CC(=O)N(CC)CC)=CSC2=N1. The fourth-order valence-electron chi connectivity index (χ4n) is 4.09. The maximum Gasteiger partial charge on any atom is 0.338 e. The molecule has 178 valence electrons. The van der Waals surface area contributed by atoms with Crippen molar-refractivity contribution in [2.75, 3.05) is 34.4 Å². The van der Waals surface area contributed by atoms with Crippen molar-refractivity contribution in [2.24, 2.45) is 4.99 Å². The third-order valence-electron chi connectivity index (χ3n) is 5.80. The highest BCUT2D eigenvalue weighted by molar-refractivity contribution is 8.16. The second kappa shape index (κ2) is 10.8. The van der Waals surface area contributed by atoms with Gasteiger partial charge in [-0.3, -0.25) is 4.79 Å². The Labute approximate surface area is 199 Å². The molecule has 2 aliphatic heterocycles. The van der Waals surface area contributed by atoms with Crippen LogP contribution in [0.1, 0.15) is 45.2 Å². The molecule has 1 atom stereocenters. The number of carbonyl (C=O) groups is 2. The first-order chi connectivity index (χ1) is 15.9. The van der Waals surface area contributed by atoms with Crippen molar-refractivity contribution in [3.8, 4) is 11.5 Å². The van der Waals surface area contributed by atoms with E-state index in [1.54, 1.807) is 19.1 Å². The number of carbonyl (C=O) groups excluding carboxylic acids is 2. The second-order valence-corrected chi connectivity index (χ2v) is 8.29. The molecule has 0 spiro atoms. The van der Waals surface area contributed by atoms with Gasteiger partial charge in [0.05, 0.1) is 45.1 Å². The number of allylic oxidation sites excluding steroid dienone is 1. The number of amides is 1. The van der Waals surface area contributed by atoms with Crippen molar-refractivity contribution in [2.45, 2.75) is 39.7 Å².